The summed E-state index contributed by atoms with van der Waals surface area (Å²) < 4.78 is 27.3. The van der Waals surface area contributed by atoms with Crippen molar-refractivity contribution >= 4 is 21.2 Å². The molecule has 2 aromatic rings. The summed E-state index contributed by atoms with van der Waals surface area (Å²) in [5, 5.41) is 2.96. The van der Waals surface area contributed by atoms with Crippen LogP contribution >= 0.6 is 11.3 Å². The second kappa shape index (κ2) is 6.50. The molecule has 0 unspecified atom stereocenters. The third-order valence-electron chi connectivity index (χ3n) is 3.49. The van der Waals surface area contributed by atoms with Gasteiger partial charge in [-0.3, -0.25) is 0 Å². The Kier molecular flexibility index (Phi) is 5.07. The van der Waals surface area contributed by atoms with Crippen LogP contribution in [0.3, 0.4) is 0 Å². The van der Waals surface area contributed by atoms with Crippen LogP contribution in [0.25, 0.3) is 0 Å². The zero-order valence-corrected chi connectivity index (χ0v) is 15.4. The Balaban J connectivity index is 2.38. The van der Waals surface area contributed by atoms with Crippen molar-refractivity contribution in [2.45, 2.75) is 58.5 Å². The number of sulfone groups is 1. The van der Waals surface area contributed by atoms with Gasteiger partial charge in [0.15, 0.2) is 0 Å². The van der Waals surface area contributed by atoms with Crippen LogP contribution in [0.5, 0.6) is 0 Å². The third kappa shape index (κ3) is 3.57. The quantitative estimate of drug-likeness (QED) is 0.809. The van der Waals surface area contributed by atoms with Crippen molar-refractivity contribution in [3.63, 3.8) is 0 Å². The highest BCUT2D eigenvalue weighted by Gasteiger charge is 2.25. The van der Waals surface area contributed by atoms with Gasteiger partial charge in [0, 0.05) is 17.6 Å². The number of rotatable bonds is 6. The fraction of sp³-hybridized carbons (Fsp3) is 0.600. The minimum Gasteiger partial charge on any atom is -0.319 e. The van der Waals surface area contributed by atoms with E-state index in [1.54, 1.807) is 0 Å². The van der Waals surface area contributed by atoms with E-state index in [1.807, 2.05) is 30.7 Å². The smallest absolute Gasteiger partial charge is 0.228 e. The highest BCUT2D eigenvalue weighted by Crippen LogP contribution is 2.22. The molecule has 0 aromatic carbocycles. The van der Waals surface area contributed by atoms with Crippen LogP contribution < -0.4 is 0 Å². The molecule has 0 aliphatic carbocycles. The van der Waals surface area contributed by atoms with Gasteiger partial charge in [-0.2, -0.15) is 0 Å². The second-order valence-corrected chi connectivity index (χ2v) is 8.74. The van der Waals surface area contributed by atoms with E-state index in [9.17, 15) is 8.42 Å². The molecule has 0 N–H and O–H groups in total. The van der Waals surface area contributed by atoms with E-state index in [0.29, 0.717) is 18.2 Å². The lowest BCUT2D eigenvalue weighted by molar-refractivity contribution is 0.475. The molecule has 22 heavy (non-hydrogen) atoms. The molecule has 0 saturated heterocycles. The number of hydrogen-bond acceptors (Lipinski definition) is 5. The highest BCUT2D eigenvalue weighted by molar-refractivity contribution is 7.90. The fourth-order valence-corrected chi connectivity index (χ4v) is 4.62. The first-order chi connectivity index (χ1) is 10.2. The van der Waals surface area contributed by atoms with Crippen LogP contribution in [0.1, 0.15) is 42.9 Å². The third-order valence-corrected chi connectivity index (χ3v) is 6.07. The lowest BCUT2D eigenvalue weighted by Gasteiger charge is -2.12. The van der Waals surface area contributed by atoms with E-state index in [1.165, 1.54) is 11.3 Å². The van der Waals surface area contributed by atoms with E-state index in [-0.39, 0.29) is 10.9 Å². The van der Waals surface area contributed by atoms with Gasteiger partial charge >= 0.3 is 0 Å². The number of hydrogen-bond donors (Lipinski definition) is 0. The Morgan fingerprint density at radius 2 is 1.95 bits per heavy atom. The molecular weight excluding hydrogens is 318 g/mol. The van der Waals surface area contributed by atoms with Crippen LogP contribution in [0.15, 0.2) is 10.5 Å². The molecule has 0 bridgehead atoms. The summed E-state index contributed by atoms with van der Waals surface area (Å²) in [7, 11) is -3.49. The number of imidazole rings is 1. The van der Waals surface area contributed by atoms with Crippen LogP contribution in [-0.2, 0) is 28.6 Å². The molecule has 0 radical (unpaired) electrons. The summed E-state index contributed by atoms with van der Waals surface area (Å²) in [5.41, 5.74) is 2.29. The van der Waals surface area contributed by atoms with Crippen molar-refractivity contribution in [2.75, 3.05) is 0 Å². The molecule has 0 aliphatic rings. The number of thiazole rings is 1. The van der Waals surface area contributed by atoms with Gasteiger partial charge < -0.3 is 4.57 Å². The second-order valence-electron chi connectivity index (χ2n) is 5.91. The van der Waals surface area contributed by atoms with Crippen molar-refractivity contribution in [3.05, 3.63) is 27.5 Å². The summed E-state index contributed by atoms with van der Waals surface area (Å²) in [4.78, 5) is 8.67. The maximum atomic E-state index is 12.7. The predicted octanol–water partition coefficient (Wildman–Crippen LogP) is 3.15. The molecule has 2 heterocycles. The Morgan fingerprint density at radius 3 is 2.50 bits per heavy atom. The summed E-state index contributed by atoms with van der Waals surface area (Å²) in [6.07, 6.45) is 0.824. The van der Waals surface area contributed by atoms with Crippen molar-refractivity contribution in [1.29, 1.82) is 0 Å². The summed E-state index contributed by atoms with van der Waals surface area (Å²) in [5.74, 6) is 0.268. The number of aromatic nitrogens is 3. The molecule has 2 aromatic heterocycles. The van der Waals surface area contributed by atoms with Gasteiger partial charge in [0.1, 0.15) is 5.75 Å². The minimum atomic E-state index is -3.49. The van der Waals surface area contributed by atoms with Gasteiger partial charge in [-0.1, -0.05) is 20.8 Å². The monoisotopic (exact) mass is 341 g/mol. The maximum absolute atomic E-state index is 12.7. The van der Waals surface area contributed by atoms with Crippen LogP contribution in [0.4, 0.5) is 0 Å². The first-order valence-electron chi connectivity index (χ1n) is 7.44. The van der Waals surface area contributed by atoms with Crippen molar-refractivity contribution in [1.82, 2.24) is 14.5 Å². The normalized spacial score (nSPS) is 12.3. The molecule has 0 aliphatic heterocycles. The topological polar surface area (TPSA) is 64.8 Å². The Hall–Kier alpha value is -1.21. The first-order valence-corrected chi connectivity index (χ1v) is 9.97. The average Bonchev–Trinajstić information content (AvgIpc) is 2.97. The van der Waals surface area contributed by atoms with Gasteiger partial charge in [-0.15, -0.1) is 11.3 Å². The Labute approximate surface area is 136 Å². The maximum Gasteiger partial charge on any atom is 0.228 e. The van der Waals surface area contributed by atoms with Gasteiger partial charge in [-0.05, 0) is 26.2 Å². The molecular formula is C15H23N3O2S2. The van der Waals surface area contributed by atoms with E-state index < -0.39 is 9.84 Å². The van der Waals surface area contributed by atoms with Gasteiger partial charge in [0.25, 0.3) is 0 Å². The molecule has 0 fully saturated rings. The van der Waals surface area contributed by atoms with Crippen LogP contribution in [0.2, 0.25) is 0 Å². The highest BCUT2D eigenvalue weighted by atomic mass is 32.2. The fourth-order valence-electron chi connectivity index (χ4n) is 2.28. The standard InChI is InChI=1S/C15H23N3O2S2/c1-6-14-17-13(8-21-14)9-22(19,20)15-16-11(4)12(5)18(15)7-10(2)3/h8,10H,6-7,9H2,1-5H3. The zero-order valence-electron chi connectivity index (χ0n) is 13.8. The molecule has 2 rings (SSSR count). The summed E-state index contributed by atoms with van der Waals surface area (Å²) >= 11 is 1.51. The zero-order chi connectivity index (χ0) is 16.5. The van der Waals surface area contributed by atoms with Crippen molar-refractivity contribution in [3.8, 4) is 0 Å². The molecule has 0 atom stereocenters. The summed E-state index contributed by atoms with van der Waals surface area (Å²) in [6, 6.07) is 0. The van der Waals surface area contributed by atoms with E-state index >= 15 is 0 Å². The molecule has 0 amide bonds. The molecule has 122 valence electrons. The molecule has 0 saturated carbocycles. The van der Waals surface area contributed by atoms with Gasteiger partial charge in [0.2, 0.25) is 15.0 Å². The molecule has 7 heteroatoms. The lowest BCUT2D eigenvalue weighted by atomic mass is 10.2. The first kappa shape index (κ1) is 17.1. The van der Waals surface area contributed by atoms with Crippen molar-refractivity contribution in [2.24, 2.45) is 5.92 Å². The molecule has 5 nitrogen and oxygen atoms in total. The van der Waals surface area contributed by atoms with E-state index in [4.69, 9.17) is 0 Å². The van der Waals surface area contributed by atoms with Gasteiger partial charge in [-0.25, -0.2) is 18.4 Å². The number of aryl methyl sites for hydroxylation is 2. The minimum absolute atomic E-state index is 0.0858. The van der Waals surface area contributed by atoms with E-state index in [2.05, 4.69) is 23.8 Å². The molecule has 0 spiro atoms. The van der Waals surface area contributed by atoms with Crippen LogP contribution in [0, 0.1) is 19.8 Å². The largest absolute Gasteiger partial charge is 0.319 e. The van der Waals surface area contributed by atoms with Crippen LogP contribution in [-0.4, -0.2) is 23.0 Å². The Morgan fingerprint density at radius 1 is 1.27 bits per heavy atom. The van der Waals surface area contributed by atoms with E-state index in [0.717, 1.165) is 22.8 Å². The summed E-state index contributed by atoms with van der Waals surface area (Å²) in [6.45, 7) is 10.6. The average molecular weight is 342 g/mol. The van der Waals surface area contributed by atoms with Crippen molar-refractivity contribution < 1.29 is 8.42 Å². The Bertz CT molecular complexity index is 758. The van der Waals surface area contributed by atoms with Gasteiger partial charge in [0.05, 0.1) is 16.4 Å². The number of nitrogens with zero attached hydrogens (tertiary/aromatic N) is 3. The lowest BCUT2D eigenvalue weighted by Crippen LogP contribution is -2.16. The SMILES string of the molecule is CCc1nc(CS(=O)(=O)c2nc(C)c(C)n2CC(C)C)cs1. The predicted molar refractivity (Wildman–Crippen MR) is 88.9 cm³/mol.